The lowest BCUT2D eigenvalue weighted by atomic mass is 10.1. The molecule has 1 aromatic carbocycles. The number of aromatic nitrogens is 1. The molecule has 0 spiro atoms. The average molecular weight is 845 g/mol. The number of imide groups is 1. The number of nitrogens with zero attached hydrogens (tertiary/aromatic N) is 4. The van der Waals surface area contributed by atoms with Crippen LogP contribution in [0.5, 0.6) is 0 Å². The number of hydroxylamine groups is 2. The molecule has 1 aliphatic heterocycles. The molecule has 1 saturated heterocycles. The number of carbonyl (C=O) groups excluding carboxylic acids is 6. The molecule has 0 aliphatic carbocycles. The fourth-order valence-electron chi connectivity index (χ4n) is 6.27. The van der Waals surface area contributed by atoms with Crippen molar-refractivity contribution in [2.75, 3.05) is 64.2 Å². The Kier molecular flexibility index (Phi) is 19.7. The Morgan fingerprint density at radius 1 is 0.650 bits per heavy atom. The summed E-state index contributed by atoms with van der Waals surface area (Å²) in [6, 6.07) is 6.37. The average Bonchev–Trinajstić information content (AvgIpc) is 3.47. The SMILES string of the molecule is Cc1cc(=O)[nH]c2cc(NC(=O)CN(CCN(CCN(CC(=O)O)CC(=O)NNC(=O)CCCCCCCCC(=O)ON3C(=O)CCC3=O)CC(=O)O)CC(=O)O)ccc12. The predicted octanol–water partition coefficient (Wildman–Crippen LogP) is -0.190. The molecule has 0 bridgehead atoms. The van der Waals surface area contributed by atoms with E-state index in [9.17, 15) is 63.3 Å². The Labute approximate surface area is 344 Å². The van der Waals surface area contributed by atoms with E-state index in [1.54, 1.807) is 25.1 Å². The zero-order chi connectivity index (χ0) is 44.2. The summed E-state index contributed by atoms with van der Waals surface area (Å²) >= 11 is 0. The number of hydrogen-bond donors (Lipinski definition) is 7. The van der Waals surface area contributed by atoms with E-state index < -0.39 is 79.6 Å². The van der Waals surface area contributed by atoms with Gasteiger partial charge < -0.3 is 30.5 Å². The molecule has 0 atom stereocenters. The molecule has 328 valence electrons. The molecule has 7 N–H and O–H groups in total. The van der Waals surface area contributed by atoms with Crippen molar-refractivity contribution in [2.24, 2.45) is 0 Å². The summed E-state index contributed by atoms with van der Waals surface area (Å²) in [5, 5.41) is 32.4. The lowest BCUT2D eigenvalue weighted by molar-refractivity contribution is -0.197. The highest BCUT2D eigenvalue weighted by Crippen LogP contribution is 2.19. The summed E-state index contributed by atoms with van der Waals surface area (Å²) in [6.45, 7) is -0.950. The fraction of sp³-hybridized carbons (Fsp3) is 0.526. The number of aromatic amines is 1. The number of anilines is 1. The molecule has 60 heavy (non-hydrogen) atoms. The molecule has 22 heteroatoms. The number of carboxylic acids is 3. The van der Waals surface area contributed by atoms with Crippen molar-refractivity contribution in [1.82, 2.24) is 35.6 Å². The van der Waals surface area contributed by atoms with Crippen LogP contribution in [0.25, 0.3) is 10.9 Å². The van der Waals surface area contributed by atoms with Crippen molar-refractivity contribution in [3.8, 4) is 0 Å². The second-order valence-electron chi connectivity index (χ2n) is 14.3. The quantitative estimate of drug-likeness (QED) is 0.0348. The smallest absolute Gasteiger partial charge is 0.333 e. The van der Waals surface area contributed by atoms with Gasteiger partial charge in [0, 0.05) is 69.0 Å². The number of unbranched alkanes of at least 4 members (excludes halogenated alkanes) is 5. The summed E-state index contributed by atoms with van der Waals surface area (Å²) in [5.41, 5.74) is 5.80. The van der Waals surface area contributed by atoms with Gasteiger partial charge in [0.1, 0.15) is 0 Å². The molecule has 2 aromatic rings. The number of rotatable bonds is 27. The van der Waals surface area contributed by atoms with Gasteiger partial charge in [-0.05, 0) is 37.5 Å². The topological polar surface area (TPSA) is 305 Å². The lowest BCUT2D eigenvalue weighted by Crippen LogP contribution is -2.49. The number of H-pyrrole nitrogens is 1. The van der Waals surface area contributed by atoms with Crippen molar-refractivity contribution in [3.63, 3.8) is 0 Å². The summed E-state index contributed by atoms with van der Waals surface area (Å²) in [5.74, 6) is -7.22. The Hall–Kier alpha value is -6.26. The molecule has 1 fully saturated rings. The Morgan fingerprint density at radius 2 is 1.15 bits per heavy atom. The monoisotopic (exact) mass is 844 g/mol. The molecule has 1 aliphatic rings. The number of hydrazine groups is 1. The number of carbonyl (C=O) groups is 9. The lowest BCUT2D eigenvalue weighted by Gasteiger charge is -2.28. The molecule has 0 radical (unpaired) electrons. The van der Waals surface area contributed by atoms with Crippen molar-refractivity contribution in [3.05, 3.63) is 40.2 Å². The number of pyridine rings is 1. The second kappa shape index (κ2) is 24.6. The van der Waals surface area contributed by atoms with E-state index >= 15 is 0 Å². The van der Waals surface area contributed by atoms with Crippen LogP contribution in [0.4, 0.5) is 5.69 Å². The van der Waals surface area contributed by atoms with Crippen LogP contribution in [-0.4, -0.2) is 152 Å². The molecule has 2 heterocycles. The number of aryl methyl sites for hydroxylation is 1. The van der Waals surface area contributed by atoms with Gasteiger partial charge in [-0.1, -0.05) is 31.7 Å². The largest absolute Gasteiger partial charge is 0.480 e. The number of nitrogens with one attached hydrogen (secondary N) is 4. The van der Waals surface area contributed by atoms with Gasteiger partial charge in [0.05, 0.1) is 38.2 Å². The van der Waals surface area contributed by atoms with E-state index in [0.717, 1.165) is 23.8 Å². The van der Waals surface area contributed by atoms with Gasteiger partial charge >= 0.3 is 23.9 Å². The van der Waals surface area contributed by atoms with Crippen LogP contribution in [0.1, 0.15) is 69.8 Å². The summed E-state index contributed by atoms with van der Waals surface area (Å²) in [7, 11) is 0. The zero-order valence-corrected chi connectivity index (χ0v) is 33.4. The van der Waals surface area contributed by atoms with Crippen LogP contribution in [-0.2, 0) is 48.0 Å². The first-order valence-corrected chi connectivity index (χ1v) is 19.4. The van der Waals surface area contributed by atoms with Gasteiger partial charge in [-0.25, -0.2) is 4.79 Å². The minimum Gasteiger partial charge on any atom is -0.480 e. The first-order chi connectivity index (χ1) is 28.5. The summed E-state index contributed by atoms with van der Waals surface area (Å²) < 4.78 is 0. The van der Waals surface area contributed by atoms with Gasteiger partial charge in [0.25, 0.3) is 17.7 Å². The van der Waals surface area contributed by atoms with E-state index in [2.05, 4.69) is 21.2 Å². The highest BCUT2D eigenvalue weighted by atomic mass is 16.7. The Bertz CT molecular complexity index is 1940. The third-order valence-electron chi connectivity index (χ3n) is 9.18. The maximum atomic E-state index is 12.9. The van der Waals surface area contributed by atoms with Gasteiger partial charge in [-0.3, -0.25) is 68.7 Å². The summed E-state index contributed by atoms with van der Waals surface area (Å²) in [4.78, 5) is 131. The number of benzene rings is 1. The molecule has 5 amide bonds. The first kappa shape index (κ1) is 48.1. The van der Waals surface area contributed by atoms with Crippen LogP contribution < -0.4 is 21.7 Å². The molecule has 0 saturated carbocycles. The minimum atomic E-state index is -1.27. The zero-order valence-electron chi connectivity index (χ0n) is 33.4. The van der Waals surface area contributed by atoms with Crippen molar-refractivity contribution in [1.29, 1.82) is 0 Å². The van der Waals surface area contributed by atoms with Gasteiger partial charge in [0.2, 0.25) is 17.4 Å². The number of hydrogen-bond acceptors (Lipinski definition) is 14. The second-order valence-corrected chi connectivity index (χ2v) is 14.3. The third kappa shape index (κ3) is 18.1. The van der Waals surface area contributed by atoms with E-state index in [0.29, 0.717) is 42.0 Å². The van der Waals surface area contributed by atoms with Crippen LogP contribution in [0, 0.1) is 6.92 Å². The highest BCUT2D eigenvalue weighted by Gasteiger charge is 2.32. The molecule has 1 aromatic heterocycles. The highest BCUT2D eigenvalue weighted by molar-refractivity contribution is 6.01. The third-order valence-corrected chi connectivity index (χ3v) is 9.18. The Morgan fingerprint density at radius 3 is 1.73 bits per heavy atom. The molecular formula is C38H52N8O14. The molecule has 3 rings (SSSR count). The maximum absolute atomic E-state index is 12.9. The first-order valence-electron chi connectivity index (χ1n) is 19.4. The number of amides is 5. The van der Waals surface area contributed by atoms with Crippen molar-refractivity contribution >= 4 is 70.0 Å². The van der Waals surface area contributed by atoms with Gasteiger partial charge in [-0.2, -0.15) is 0 Å². The van der Waals surface area contributed by atoms with Crippen molar-refractivity contribution in [2.45, 2.75) is 71.1 Å². The fourth-order valence-corrected chi connectivity index (χ4v) is 6.27. The minimum absolute atomic E-state index is 0.0226. The van der Waals surface area contributed by atoms with E-state index in [4.69, 9.17) is 4.84 Å². The predicted molar refractivity (Wildman–Crippen MR) is 211 cm³/mol. The number of carboxylic acid groups (broad SMARTS) is 3. The number of aliphatic carboxylic acids is 3. The van der Waals surface area contributed by atoms with Gasteiger partial charge in [-0.15, -0.1) is 5.06 Å². The molecular weight excluding hydrogens is 792 g/mol. The number of fused-ring (bicyclic) bond motifs is 1. The van der Waals surface area contributed by atoms with Crippen LogP contribution >= 0.6 is 0 Å². The standard InChI is InChI=1S/C38H52N8O14/c1-25-18-30(48)40-28-19-26(10-11-27(25)28)39-31(49)20-44(23-36(55)56)16-14-43(22-35(53)54)15-17-45(24-37(57)58)21-32(50)42-41-29(47)8-6-4-2-3-5-7-9-38(59)60-46-33(51)12-13-34(46)52/h10-11,18-19H,2-9,12-17,20-24H2,1H3,(H,39,49)(H,40,48)(H,41,47)(H,42,50)(H,53,54)(H,55,56)(H,57,58). The summed E-state index contributed by atoms with van der Waals surface area (Å²) in [6.07, 6.45) is 4.14. The maximum Gasteiger partial charge on any atom is 0.333 e. The van der Waals surface area contributed by atoms with Crippen LogP contribution in [0.3, 0.4) is 0 Å². The van der Waals surface area contributed by atoms with E-state index in [-0.39, 0.29) is 64.0 Å². The van der Waals surface area contributed by atoms with Crippen LogP contribution in [0.2, 0.25) is 0 Å². The van der Waals surface area contributed by atoms with E-state index in [1.165, 1.54) is 20.8 Å². The van der Waals surface area contributed by atoms with E-state index in [1.807, 2.05) is 0 Å². The molecule has 0 unspecified atom stereocenters. The molecule has 22 nitrogen and oxygen atoms in total. The normalized spacial score (nSPS) is 12.6. The van der Waals surface area contributed by atoms with Crippen LogP contribution in [0.15, 0.2) is 29.1 Å². The van der Waals surface area contributed by atoms with Gasteiger partial charge in [0.15, 0.2) is 0 Å². The Balaban J connectivity index is 1.39. The van der Waals surface area contributed by atoms with Crippen molar-refractivity contribution < 1.29 is 63.3 Å².